The van der Waals surface area contributed by atoms with Crippen LogP contribution in [-0.2, 0) is 19.5 Å². The third kappa shape index (κ3) is 14.0. The van der Waals surface area contributed by atoms with Gasteiger partial charge in [0.15, 0.2) is 5.78 Å². The molecule has 7 nitrogen and oxygen atoms in total. The Kier molecular flexibility index (Phi) is 13.7. The molecule has 0 atom stereocenters. The van der Waals surface area contributed by atoms with E-state index in [0.29, 0.717) is 17.3 Å². The average molecular weight is 822 g/mol. The van der Waals surface area contributed by atoms with Gasteiger partial charge in [-0.2, -0.15) is 5.10 Å². The summed E-state index contributed by atoms with van der Waals surface area (Å²) in [6, 6.07) is 18.0. The van der Waals surface area contributed by atoms with Crippen LogP contribution < -0.4 is 5.11 Å². The zero-order valence-electron chi connectivity index (χ0n) is 28.3. The molecule has 4 saturated heterocycles. The minimum absolute atomic E-state index is 0. The van der Waals surface area contributed by atoms with Crippen LogP contribution >= 0.6 is 15.7 Å². The molecule has 5 fully saturated rings. The normalized spacial score (nSPS) is 24.1. The van der Waals surface area contributed by atoms with Gasteiger partial charge < -0.3 is 5.11 Å². The zero-order valence-corrected chi connectivity index (χ0v) is 31.9. The van der Waals surface area contributed by atoms with Crippen LogP contribution in [0.4, 0.5) is 25.2 Å². The number of ketones is 1. The number of para-hydroxylation sites is 1. The van der Waals surface area contributed by atoms with Crippen LogP contribution in [0.25, 0.3) is 5.69 Å². The minimum atomic E-state index is -10.7. The molecule has 1 aromatic heterocycles. The second-order valence-corrected chi connectivity index (χ2v) is 17.8. The topological polar surface area (TPSA) is 67.7 Å². The SMILES string of the molecule is C1N2CN3CN1C[PH+](C2)C3.Cc1ccc(C(C)C)cc1.Cc1nn(-c2ccccc2)c([O-])c1C(=O)C1CCCCC1.F[P-](F)(F)(F)(F)F.[Ru+2]. The van der Waals surface area contributed by atoms with Gasteiger partial charge in [0.2, 0.25) is 0 Å². The molecular formula is C33H46F6N5O2P2Ru+. The number of nitrogens with zero attached hydrogens (tertiary/aromatic N) is 5. The molecule has 0 radical (unpaired) electrons. The molecule has 5 aliphatic rings. The Morgan fingerprint density at radius 1 is 0.816 bits per heavy atom. The first-order chi connectivity index (χ1) is 22.2. The van der Waals surface area contributed by atoms with Crippen molar-refractivity contribution < 1.29 is 54.6 Å². The summed E-state index contributed by atoms with van der Waals surface area (Å²) in [4.78, 5) is 20.4. The van der Waals surface area contributed by atoms with Crippen molar-refractivity contribution in [3.63, 3.8) is 0 Å². The summed E-state index contributed by atoms with van der Waals surface area (Å²) in [5, 5.41) is 16.8. The maximum atomic E-state index is 12.6. The third-order valence-corrected chi connectivity index (χ3v) is 11.2. The largest absolute Gasteiger partial charge is 2.00 e. The minimum Gasteiger partial charge on any atom is 2.00 e. The predicted octanol–water partition coefficient (Wildman–Crippen LogP) is 9.41. The van der Waals surface area contributed by atoms with Gasteiger partial charge in [0, 0.05) is 19.7 Å². The van der Waals surface area contributed by atoms with E-state index in [4.69, 9.17) is 0 Å². The number of rotatable bonds is 4. The number of halogens is 6. The number of Topliss-reactive ketones (excluding diaryl/α,β-unsaturated/α-hetero) is 1. The molecule has 0 amide bonds. The molecule has 3 aromatic rings. The number of carbonyl (C=O) groups excluding carboxylic acids is 1. The first kappa shape index (κ1) is 41.5. The van der Waals surface area contributed by atoms with Gasteiger partial charge >= 0.3 is 52.5 Å². The Balaban J connectivity index is 0.000000195. The van der Waals surface area contributed by atoms with Crippen LogP contribution in [0.2, 0.25) is 0 Å². The van der Waals surface area contributed by atoms with Crippen LogP contribution in [0, 0.1) is 19.8 Å². The Morgan fingerprint density at radius 3 is 1.71 bits per heavy atom. The number of aromatic nitrogens is 2. The van der Waals surface area contributed by atoms with Gasteiger partial charge in [-0.05, 0) is 50.3 Å². The molecule has 274 valence electrons. The van der Waals surface area contributed by atoms with E-state index >= 15 is 0 Å². The van der Waals surface area contributed by atoms with E-state index < -0.39 is 7.81 Å². The Labute approximate surface area is 298 Å². The second-order valence-electron chi connectivity index (χ2n) is 13.4. The van der Waals surface area contributed by atoms with Crippen molar-refractivity contribution in [2.24, 2.45) is 5.92 Å². The summed E-state index contributed by atoms with van der Waals surface area (Å²) >= 11 is 0. The molecule has 0 unspecified atom stereocenters. The number of hydrogen-bond donors (Lipinski definition) is 0. The monoisotopic (exact) mass is 822 g/mol. The smallest absolute Gasteiger partial charge is 2.00 e. The summed E-state index contributed by atoms with van der Waals surface area (Å²) in [7, 11) is -10.6. The molecule has 2 aromatic carbocycles. The molecule has 0 spiro atoms. The van der Waals surface area contributed by atoms with E-state index in [1.165, 1.54) is 61.1 Å². The van der Waals surface area contributed by atoms with E-state index in [1.807, 2.05) is 30.3 Å². The molecule has 4 bridgehead atoms. The average Bonchev–Trinajstić information content (AvgIpc) is 3.29. The molecule has 5 heterocycles. The fourth-order valence-corrected chi connectivity index (χ4v) is 9.23. The van der Waals surface area contributed by atoms with Crippen molar-refractivity contribution in [2.45, 2.75) is 65.7 Å². The molecular weight excluding hydrogens is 775 g/mol. The summed E-state index contributed by atoms with van der Waals surface area (Å²) < 4.78 is 60.5. The van der Waals surface area contributed by atoms with Gasteiger partial charge in [0.25, 0.3) is 0 Å². The standard InChI is InChI=1S/C17H20N2O2.C10H14.C6H12N3P.F6P.Ru/c1-12-15(16(20)13-8-4-2-5-9-13)17(21)19(18-12)14-10-6-3-7-11-14;1-8(2)10-6-4-9(3)5-7-10;1-7-2-9-3-8(1)5-10(4-7)6-9;1-7(2,3,4,5)6;/h3,6-7,10-11,13,21H,2,4-5,8-9H2,1H3;4-8H,1-3H3;1-6H2;;/q;;;-1;+2. The fraction of sp³-hybridized carbons (Fsp3) is 0.515. The molecule has 0 N–H and O–H groups in total. The quantitative estimate of drug-likeness (QED) is 0.113. The molecule has 8 rings (SSSR count). The van der Waals surface area contributed by atoms with Crippen molar-refractivity contribution in [2.75, 3.05) is 38.9 Å². The van der Waals surface area contributed by atoms with Crippen LogP contribution in [0.15, 0.2) is 54.6 Å². The molecule has 16 heteroatoms. The van der Waals surface area contributed by atoms with Crippen molar-refractivity contribution in [1.82, 2.24) is 24.5 Å². The number of carbonyl (C=O) groups is 1. The van der Waals surface area contributed by atoms with Gasteiger partial charge in [0.1, 0.15) is 18.9 Å². The van der Waals surface area contributed by atoms with E-state index in [2.05, 4.69) is 64.8 Å². The van der Waals surface area contributed by atoms with Crippen molar-refractivity contribution >= 4 is 21.5 Å². The zero-order chi connectivity index (χ0) is 35.3. The third-order valence-electron chi connectivity index (χ3n) is 8.53. The summed E-state index contributed by atoms with van der Waals surface area (Å²) in [5.74, 6) is 0.354. The van der Waals surface area contributed by atoms with Gasteiger partial charge in [-0.1, -0.05) is 81.1 Å². The Bertz CT molecular complexity index is 1450. The summed E-state index contributed by atoms with van der Waals surface area (Å²) in [5.41, 5.74) is 4.29. The second kappa shape index (κ2) is 16.2. The molecule has 49 heavy (non-hydrogen) atoms. The predicted molar refractivity (Wildman–Crippen MR) is 181 cm³/mol. The van der Waals surface area contributed by atoms with Crippen LogP contribution in [0.3, 0.4) is 0 Å². The van der Waals surface area contributed by atoms with Crippen LogP contribution in [0.5, 0.6) is 5.88 Å². The molecule has 1 saturated carbocycles. The van der Waals surface area contributed by atoms with E-state index in [9.17, 15) is 35.1 Å². The van der Waals surface area contributed by atoms with E-state index in [0.717, 1.165) is 25.7 Å². The maximum Gasteiger partial charge on any atom is 2.00 e. The first-order valence-corrected chi connectivity index (χ1v) is 20.4. The molecule has 4 aliphatic heterocycles. The van der Waals surface area contributed by atoms with Crippen molar-refractivity contribution in [3.8, 4) is 11.6 Å². The van der Waals surface area contributed by atoms with Gasteiger partial charge in [0.05, 0.1) is 37.0 Å². The number of benzene rings is 2. The van der Waals surface area contributed by atoms with Crippen molar-refractivity contribution in [3.05, 3.63) is 77.0 Å². The van der Waals surface area contributed by atoms with Gasteiger partial charge in [-0.3, -0.25) is 4.79 Å². The number of aryl methyl sites for hydroxylation is 2. The fourth-order valence-electron chi connectivity index (χ4n) is 6.44. The molecule has 1 aliphatic carbocycles. The van der Waals surface area contributed by atoms with Crippen LogP contribution in [0.1, 0.15) is 79.0 Å². The van der Waals surface area contributed by atoms with E-state index in [1.54, 1.807) is 6.92 Å². The summed E-state index contributed by atoms with van der Waals surface area (Å²) in [6.45, 7) is 12.1. The number of hydrogen-bond acceptors (Lipinski definition) is 6. The summed E-state index contributed by atoms with van der Waals surface area (Å²) in [6.07, 6.45) is 9.51. The Morgan fingerprint density at radius 2 is 1.29 bits per heavy atom. The maximum absolute atomic E-state index is 12.6. The van der Waals surface area contributed by atoms with Crippen LogP contribution in [-0.4, -0.2) is 69.1 Å². The van der Waals surface area contributed by atoms with Gasteiger partial charge in [-0.25, -0.2) is 19.4 Å². The Hall–Kier alpha value is -1.94. The first-order valence-electron chi connectivity index (χ1n) is 16.2. The van der Waals surface area contributed by atoms with Gasteiger partial charge in [-0.15, -0.1) is 0 Å². The van der Waals surface area contributed by atoms with Crippen molar-refractivity contribution in [1.29, 1.82) is 0 Å². The van der Waals surface area contributed by atoms with E-state index in [-0.39, 0.29) is 50.5 Å².